The molecule has 5 nitrogen and oxygen atoms in total. The van der Waals surface area contributed by atoms with E-state index < -0.39 is 0 Å². The van der Waals surface area contributed by atoms with Crippen LogP contribution in [0.15, 0.2) is 53.9 Å². The second-order valence-electron chi connectivity index (χ2n) is 9.27. The molecule has 0 spiro atoms. The summed E-state index contributed by atoms with van der Waals surface area (Å²) in [6.07, 6.45) is 0.808. The molecule has 2 amide bonds. The highest BCUT2D eigenvalue weighted by Crippen LogP contribution is 2.34. The van der Waals surface area contributed by atoms with E-state index in [1.54, 1.807) is 16.2 Å². The highest BCUT2D eigenvalue weighted by atomic mass is 35.5. The minimum atomic E-state index is -0.211. The molecule has 1 atom stereocenters. The molecule has 0 fully saturated rings. The Bertz CT molecular complexity index is 1210. The van der Waals surface area contributed by atoms with Gasteiger partial charge in [-0.2, -0.15) is 0 Å². The maximum absolute atomic E-state index is 13.6. The summed E-state index contributed by atoms with van der Waals surface area (Å²) in [5, 5.41) is 2.76. The molecule has 1 aromatic heterocycles. The first-order valence-corrected chi connectivity index (χ1v) is 13.1. The summed E-state index contributed by atoms with van der Waals surface area (Å²) in [6.45, 7) is 8.77. The van der Waals surface area contributed by atoms with Gasteiger partial charge in [-0.25, -0.2) is 0 Å². The van der Waals surface area contributed by atoms with E-state index in [0.717, 1.165) is 28.9 Å². The van der Waals surface area contributed by atoms with Gasteiger partial charge in [0.25, 0.3) is 5.91 Å². The second-order valence-corrected chi connectivity index (χ2v) is 10.7. The molecule has 4 rings (SSSR count). The van der Waals surface area contributed by atoms with Crippen molar-refractivity contribution in [3.8, 4) is 5.75 Å². The van der Waals surface area contributed by atoms with Crippen LogP contribution in [0.2, 0.25) is 5.02 Å². The topological polar surface area (TPSA) is 49.9 Å². The monoisotopic (exact) mass is 510 g/mol. The average Bonchev–Trinajstić information content (AvgIpc) is 3.32. The van der Waals surface area contributed by atoms with E-state index in [1.165, 1.54) is 4.88 Å². The van der Waals surface area contributed by atoms with Crippen LogP contribution in [0.25, 0.3) is 0 Å². The maximum atomic E-state index is 13.6. The summed E-state index contributed by atoms with van der Waals surface area (Å²) in [6, 6.07) is 14.8. The molecule has 184 valence electrons. The molecule has 0 aliphatic carbocycles. The molecule has 7 heteroatoms. The third kappa shape index (κ3) is 5.71. The van der Waals surface area contributed by atoms with Crippen LogP contribution in [-0.2, 0) is 11.2 Å². The maximum Gasteiger partial charge on any atom is 0.254 e. The summed E-state index contributed by atoms with van der Waals surface area (Å²) in [5.74, 6) is 0.517. The molecular weight excluding hydrogens is 480 g/mol. The summed E-state index contributed by atoms with van der Waals surface area (Å²) in [4.78, 5) is 31.7. The predicted octanol–water partition coefficient (Wildman–Crippen LogP) is 6.07. The first kappa shape index (κ1) is 25.3. The van der Waals surface area contributed by atoms with Gasteiger partial charge in [0.1, 0.15) is 18.9 Å². The van der Waals surface area contributed by atoms with Crippen LogP contribution >= 0.6 is 22.9 Å². The second kappa shape index (κ2) is 10.8. The van der Waals surface area contributed by atoms with Crippen LogP contribution in [0.1, 0.15) is 51.8 Å². The Morgan fingerprint density at radius 1 is 1.14 bits per heavy atom. The van der Waals surface area contributed by atoms with Crippen molar-refractivity contribution in [1.29, 1.82) is 0 Å². The number of carbonyl (C=O) groups is 2. The number of thiophene rings is 1. The molecule has 0 saturated heterocycles. The first-order chi connectivity index (χ1) is 16.7. The normalized spacial score (nSPS) is 15.1. The van der Waals surface area contributed by atoms with E-state index in [0.29, 0.717) is 23.7 Å². The Labute approximate surface area is 216 Å². The number of carbonyl (C=O) groups excluding carboxylic acids is 2. The average molecular weight is 511 g/mol. The zero-order valence-electron chi connectivity index (χ0n) is 20.6. The Morgan fingerprint density at radius 2 is 1.89 bits per heavy atom. The number of benzene rings is 2. The molecule has 0 N–H and O–H groups in total. The Kier molecular flexibility index (Phi) is 7.82. The number of rotatable bonds is 7. The zero-order chi connectivity index (χ0) is 25.1. The smallest absolute Gasteiger partial charge is 0.254 e. The molecular formula is C28H31ClN2O3S. The van der Waals surface area contributed by atoms with Crippen molar-refractivity contribution in [3.05, 3.63) is 86.1 Å². The number of halogens is 1. The van der Waals surface area contributed by atoms with Crippen LogP contribution in [-0.4, -0.2) is 47.4 Å². The molecule has 35 heavy (non-hydrogen) atoms. The standard InChI is InChI=1S/C28H31ClN2O3S/c1-18(2)31(28(33)21-7-5-19(3)6-8-21)16-27(32)30-13-11-26-23(12-14-35-26)25(30)17-34-22-9-10-24(29)20(4)15-22/h5-10,12,14-15,18,25H,11,13,16-17H2,1-4H3/t25-/m0/s1. The lowest BCUT2D eigenvalue weighted by Crippen LogP contribution is -2.49. The van der Waals surface area contributed by atoms with Crippen LogP contribution in [0.4, 0.5) is 0 Å². The van der Waals surface area contributed by atoms with Gasteiger partial charge in [0.2, 0.25) is 5.91 Å². The first-order valence-electron chi connectivity index (χ1n) is 11.9. The van der Waals surface area contributed by atoms with Crippen molar-refractivity contribution >= 4 is 34.8 Å². The van der Waals surface area contributed by atoms with Gasteiger partial charge in [0, 0.05) is 28.0 Å². The van der Waals surface area contributed by atoms with Crippen molar-refractivity contribution in [1.82, 2.24) is 9.80 Å². The van der Waals surface area contributed by atoms with Crippen LogP contribution in [0.3, 0.4) is 0 Å². The van der Waals surface area contributed by atoms with Gasteiger partial charge in [-0.05, 0) is 87.0 Å². The van der Waals surface area contributed by atoms with Crippen molar-refractivity contribution in [2.45, 2.75) is 46.2 Å². The lowest BCUT2D eigenvalue weighted by molar-refractivity contribution is -0.136. The van der Waals surface area contributed by atoms with Gasteiger partial charge >= 0.3 is 0 Å². The fraction of sp³-hybridized carbons (Fsp3) is 0.357. The number of amides is 2. The van der Waals surface area contributed by atoms with Crippen molar-refractivity contribution in [3.63, 3.8) is 0 Å². The largest absolute Gasteiger partial charge is 0.491 e. The highest BCUT2D eigenvalue weighted by molar-refractivity contribution is 7.10. The molecule has 2 heterocycles. The number of hydrogen-bond donors (Lipinski definition) is 0. The van der Waals surface area contributed by atoms with E-state index in [-0.39, 0.29) is 30.4 Å². The number of aryl methyl sites for hydroxylation is 2. The fourth-order valence-corrected chi connectivity index (χ4v) is 5.39. The number of nitrogens with zero attached hydrogens (tertiary/aromatic N) is 2. The lowest BCUT2D eigenvalue weighted by Gasteiger charge is -2.37. The molecule has 0 radical (unpaired) electrons. The quantitative estimate of drug-likeness (QED) is 0.387. The summed E-state index contributed by atoms with van der Waals surface area (Å²) < 4.78 is 6.14. The van der Waals surface area contributed by atoms with Crippen molar-refractivity contribution in [2.24, 2.45) is 0 Å². The number of fused-ring (bicyclic) bond motifs is 1. The minimum Gasteiger partial charge on any atom is -0.491 e. The third-order valence-corrected chi connectivity index (χ3v) is 7.86. The van der Waals surface area contributed by atoms with Crippen molar-refractivity contribution < 1.29 is 14.3 Å². The molecule has 0 bridgehead atoms. The summed E-state index contributed by atoms with van der Waals surface area (Å²) >= 11 is 7.87. The lowest BCUT2D eigenvalue weighted by atomic mass is 10.00. The molecule has 2 aromatic carbocycles. The van der Waals surface area contributed by atoms with Gasteiger partial charge in [0.05, 0.1) is 6.04 Å². The van der Waals surface area contributed by atoms with E-state index in [4.69, 9.17) is 16.3 Å². The summed E-state index contributed by atoms with van der Waals surface area (Å²) in [7, 11) is 0. The molecule has 1 aliphatic heterocycles. The van der Waals surface area contributed by atoms with E-state index in [2.05, 4.69) is 11.4 Å². The van der Waals surface area contributed by atoms with Gasteiger partial charge in [-0.3, -0.25) is 9.59 Å². The highest BCUT2D eigenvalue weighted by Gasteiger charge is 2.34. The molecule has 0 unspecified atom stereocenters. The number of ether oxygens (including phenoxy) is 1. The van der Waals surface area contributed by atoms with Gasteiger partial charge < -0.3 is 14.5 Å². The van der Waals surface area contributed by atoms with Crippen molar-refractivity contribution in [2.75, 3.05) is 19.7 Å². The van der Waals surface area contributed by atoms with Crippen LogP contribution in [0, 0.1) is 13.8 Å². The Balaban J connectivity index is 1.53. The van der Waals surface area contributed by atoms with Crippen LogP contribution < -0.4 is 4.74 Å². The molecule has 3 aromatic rings. The van der Waals surface area contributed by atoms with Gasteiger partial charge in [-0.15, -0.1) is 11.3 Å². The SMILES string of the molecule is Cc1ccc(C(=O)N(CC(=O)N2CCc3sccc3[C@@H]2COc2ccc(Cl)c(C)c2)C(C)C)cc1. The zero-order valence-corrected chi connectivity index (χ0v) is 22.2. The molecule has 0 saturated carbocycles. The van der Waals surface area contributed by atoms with E-state index in [1.807, 2.05) is 75.1 Å². The predicted molar refractivity (Wildman–Crippen MR) is 142 cm³/mol. The summed E-state index contributed by atoms with van der Waals surface area (Å²) in [5.41, 5.74) is 3.75. The number of hydrogen-bond acceptors (Lipinski definition) is 4. The van der Waals surface area contributed by atoms with Gasteiger partial charge in [0.15, 0.2) is 0 Å². The molecule has 1 aliphatic rings. The van der Waals surface area contributed by atoms with Crippen LogP contribution in [0.5, 0.6) is 5.75 Å². The minimum absolute atomic E-state index is 0.0282. The van der Waals surface area contributed by atoms with E-state index >= 15 is 0 Å². The third-order valence-electron chi connectivity index (χ3n) is 6.44. The fourth-order valence-electron chi connectivity index (χ4n) is 4.34. The van der Waals surface area contributed by atoms with Gasteiger partial charge in [-0.1, -0.05) is 29.3 Å². The van der Waals surface area contributed by atoms with E-state index in [9.17, 15) is 9.59 Å². The Hall–Kier alpha value is -2.83. The Morgan fingerprint density at radius 3 is 2.57 bits per heavy atom.